The molecule has 0 fully saturated rings. The van der Waals surface area contributed by atoms with Gasteiger partial charge in [0.1, 0.15) is 6.33 Å². The van der Waals surface area contributed by atoms with Crippen LogP contribution in [0.25, 0.3) is 0 Å². The van der Waals surface area contributed by atoms with E-state index >= 15 is 0 Å². The monoisotopic (exact) mass is 397 g/mol. The molecular weight excluding hydrogens is 374 g/mol. The molecule has 8 nitrogen and oxygen atoms in total. The molecule has 1 amide bonds. The molecule has 26 heavy (non-hydrogen) atoms. The Kier molecular flexibility index (Phi) is 6.79. The number of hydrogen-bond acceptors (Lipinski definition) is 6. The summed E-state index contributed by atoms with van der Waals surface area (Å²) in [7, 11) is -1.79. The Morgan fingerprint density at radius 1 is 1.31 bits per heavy atom. The van der Waals surface area contributed by atoms with Gasteiger partial charge in [-0.2, -0.15) is 4.31 Å². The second-order valence-electron chi connectivity index (χ2n) is 5.63. The van der Waals surface area contributed by atoms with Crippen LogP contribution in [0.1, 0.15) is 19.4 Å². The minimum atomic E-state index is -3.59. The molecule has 0 atom stereocenters. The van der Waals surface area contributed by atoms with Crippen LogP contribution in [0, 0.1) is 6.92 Å². The highest BCUT2D eigenvalue weighted by molar-refractivity contribution is 7.99. The topological polar surface area (TPSA) is 97.2 Å². The molecule has 0 aliphatic rings. The largest absolute Gasteiger partial charge is 0.325 e. The second kappa shape index (κ2) is 8.65. The minimum absolute atomic E-state index is 0.151. The van der Waals surface area contributed by atoms with Gasteiger partial charge in [0, 0.05) is 25.8 Å². The van der Waals surface area contributed by atoms with Crippen molar-refractivity contribution in [3.05, 3.63) is 30.1 Å². The zero-order chi connectivity index (χ0) is 19.3. The molecule has 1 aromatic heterocycles. The molecule has 1 N–H and O–H groups in total. The zero-order valence-electron chi connectivity index (χ0n) is 15.3. The fourth-order valence-corrected chi connectivity index (χ4v) is 4.79. The van der Waals surface area contributed by atoms with Crippen LogP contribution in [0.2, 0.25) is 0 Å². The van der Waals surface area contributed by atoms with Gasteiger partial charge < -0.3 is 9.88 Å². The number of benzene rings is 1. The number of carbonyl (C=O) groups excluding carboxylic acids is 1. The summed E-state index contributed by atoms with van der Waals surface area (Å²) in [4.78, 5) is 12.4. The number of amides is 1. The van der Waals surface area contributed by atoms with E-state index in [1.54, 1.807) is 50.8 Å². The molecule has 2 rings (SSSR count). The SMILES string of the molecule is CCN(CC)S(=O)(=O)c1cc(NC(=O)CSc2nncn2C)ccc1C. The molecule has 0 bridgehead atoms. The summed E-state index contributed by atoms with van der Waals surface area (Å²) < 4.78 is 28.6. The van der Waals surface area contributed by atoms with Crippen LogP contribution in [0.15, 0.2) is 34.6 Å². The number of thioether (sulfide) groups is 1. The third-order valence-electron chi connectivity index (χ3n) is 3.80. The van der Waals surface area contributed by atoms with Crippen LogP contribution < -0.4 is 5.32 Å². The molecule has 0 aliphatic carbocycles. The van der Waals surface area contributed by atoms with E-state index in [2.05, 4.69) is 15.5 Å². The standard InChI is InChI=1S/C16H23N5O3S2/c1-5-21(6-2)26(23,24)14-9-13(8-7-12(14)3)18-15(22)10-25-16-19-17-11-20(16)4/h7-9,11H,5-6,10H2,1-4H3,(H,18,22). The van der Waals surface area contributed by atoms with Crippen LogP contribution >= 0.6 is 11.8 Å². The van der Waals surface area contributed by atoms with Gasteiger partial charge >= 0.3 is 0 Å². The predicted molar refractivity (Wildman–Crippen MR) is 102 cm³/mol. The van der Waals surface area contributed by atoms with Gasteiger partial charge in [-0.05, 0) is 24.6 Å². The van der Waals surface area contributed by atoms with Gasteiger partial charge in [0.2, 0.25) is 15.9 Å². The first-order valence-electron chi connectivity index (χ1n) is 8.17. The van der Waals surface area contributed by atoms with Crippen LogP contribution in [0.4, 0.5) is 5.69 Å². The van der Waals surface area contributed by atoms with E-state index in [0.717, 1.165) is 0 Å². The molecule has 0 unspecified atom stereocenters. The Morgan fingerprint density at radius 2 is 2.00 bits per heavy atom. The van der Waals surface area contributed by atoms with E-state index in [0.29, 0.717) is 29.5 Å². The Labute approximate surface area is 158 Å². The van der Waals surface area contributed by atoms with Crippen molar-refractivity contribution >= 4 is 33.4 Å². The van der Waals surface area contributed by atoms with Crippen molar-refractivity contribution in [2.75, 3.05) is 24.2 Å². The Hall–Kier alpha value is -1.91. The first-order valence-corrected chi connectivity index (χ1v) is 10.6. The number of hydrogen-bond donors (Lipinski definition) is 1. The van der Waals surface area contributed by atoms with Gasteiger partial charge in [0.15, 0.2) is 5.16 Å². The summed E-state index contributed by atoms with van der Waals surface area (Å²) in [6, 6.07) is 4.90. The van der Waals surface area contributed by atoms with E-state index in [-0.39, 0.29) is 16.6 Å². The second-order valence-corrected chi connectivity index (χ2v) is 8.48. The summed E-state index contributed by atoms with van der Waals surface area (Å²) in [5, 5.41) is 11.0. The average Bonchev–Trinajstić information content (AvgIpc) is 3.00. The summed E-state index contributed by atoms with van der Waals surface area (Å²) in [6.45, 7) is 6.12. The fraction of sp³-hybridized carbons (Fsp3) is 0.438. The van der Waals surface area contributed by atoms with Gasteiger partial charge in [-0.3, -0.25) is 4.79 Å². The van der Waals surface area contributed by atoms with Crippen molar-refractivity contribution < 1.29 is 13.2 Å². The Morgan fingerprint density at radius 3 is 2.58 bits per heavy atom. The lowest BCUT2D eigenvalue weighted by atomic mass is 10.2. The van der Waals surface area contributed by atoms with E-state index in [4.69, 9.17) is 0 Å². The first-order chi connectivity index (χ1) is 12.3. The first kappa shape index (κ1) is 20.4. The molecule has 0 saturated carbocycles. The van der Waals surface area contributed by atoms with Crippen molar-refractivity contribution in [2.24, 2.45) is 7.05 Å². The number of aryl methyl sites for hydroxylation is 2. The van der Waals surface area contributed by atoms with Crippen molar-refractivity contribution in [1.82, 2.24) is 19.1 Å². The molecule has 0 saturated heterocycles. The third-order valence-corrected chi connectivity index (χ3v) is 7.02. The van der Waals surface area contributed by atoms with Gasteiger partial charge in [0.25, 0.3) is 0 Å². The lowest BCUT2D eigenvalue weighted by molar-refractivity contribution is -0.113. The Balaban J connectivity index is 2.13. The summed E-state index contributed by atoms with van der Waals surface area (Å²) in [6.07, 6.45) is 1.56. The number of carbonyl (C=O) groups is 1. The number of aromatic nitrogens is 3. The van der Waals surface area contributed by atoms with Crippen molar-refractivity contribution in [3.8, 4) is 0 Å². The molecule has 142 valence electrons. The molecular formula is C16H23N5O3S2. The van der Waals surface area contributed by atoms with E-state index in [1.165, 1.54) is 22.1 Å². The van der Waals surface area contributed by atoms with E-state index < -0.39 is 10.0 Å². The number of sulfonamides is 1. The summed E-state index contributed by atoms with van der Waals surface area (Å²) >= 11 is 1.26. The number of anilines is 1. The lowest BCUT2D eigenvalue weighted by Gasteiger charge is -2.20. The third kappa shape index (κ3) is 4.63. The normalized spacial score (nSPS) is 11.7. The van der Waals surface area contributed by atoms with Gasteiger partial charge in [0.05, 0.1) is 10.6 Å². The minimum Gasteiger partial charge on any atom is -0.325 e. The quantitative estimate of drug-likeness (QED) is 0.683. The van der Waals surface area contributed by atoms with Gasteiger partial charge in [-0.15, -0.1) is 10.2 Å². The zero-order valence-corrected chi connectivity index (χ0v) is 16.9. The van der Waals surface area contributed by atoms with Gasteiger partial charge in [-0.25, -0.2) is 8.42 Å². The summed E-state index contributed by atoms with van der Waals surface area (Å²) in [5.41, 5.74) is 1.09. The van der Waals surface area contributed by atoms with E-state index in [1.807, 2.05) is 0 Å². The lowest BCUT2D eigenvalue weighted by Crippen LogP contribution is -2.31. The molecule has 10 heteroatoms. The average molecular weight is 398 g/mol. The van der Waals surface area contributed by atoms with Crippen LogP contribution in [-0.4, -0.2) is 52.2 Å². The van der Waals surface area contributed by atoms with Crippen LogP contribution in [0.5, 0.6) is 0 Å². The highest BCUT2D eigenvalue weighted by Crippen LogP contribution is 2.24. The molecule has 0 spiro atoms. The summed E-state index contributed by atoms with van der Waals surface area (Å²) in [5.74, 6) is -0.0912. The van der Waals surface area contributed by atoms with Crippen molar-refractivity contribution in [1.29, 1.82) is 0 Å². The highest BCUT2D eigenvalue weighted by Gasteiger charge is 2.24. The highest BCUT2D eigenvalue weighted by atomic mass is 32.2. The molecule has 2 aromatic rings. The van der Waals surface area contributed by atoms with Crippen LogP contribution in [-0.2, 0) is 21.9 Å². The predicted octanol–water partition coefficient (Wildman–Crippen LogP) is 1.88. The van der Waals surface area contributed by atoms with E-state index in [9.17, 15) is 13.2 Å². The number of rotatable bonds is 8. The Bertz CT molecular complexity index is 876. The number of nitrogens with one attached hydrogen (secondary N) is 1. The molecule has 0 radical (unpaired) electrons. The number of nitrogens with zero attached hydrogens (tertiary/aromatic N) is 4. The van der Waals surface area contributed by atoms with Gasteiger partial charge in [-0.1, -0.05) is 31.7 Å². The van der Waals surface area contributed by atoms with Crippen molar-refractivity contribution in [2.45, 2.75) is 30.8 Å². The molecule has 1 aromatic carbocycles. The maximum Gasteiger partial charge on any atom is 0.243 e. The smallest absolute Gasteiger partial charge is 0.243 e. The van der Waals surface area contributed by atoms with Crippen LogP contribution in [0.3, 0.4) is 0 Å². The molecule has 1 heterocycles. The fourth-order valence-electron chi connectivity index (χ4n) is 2.39. The molecule has 0 aliphatic heterocycles. The maximum absolute atomic E-state index is 12.8. The van der Waals surface area contributed by atoms with Crippen molar-refractivity contribution in [3.63, 3.8) is 0 Å². The maximum atomic E-state index is 12.8.